The third kappa shape index (κ3) is 3.72. The molecule has 3 aromatic carbocycles. The van der Waals surface area contributed by atoms with Crippen LogP contribution in [0.5, 0.6) is 0 Å². The van der Waals surface area contributed by atoms with Gasteiger partial charge in [-0.1, -0.05) is 48.5 Å². The third-order valence-corrected chi connectivity index (χ3v) is 5.52. The Balaban J connectivity index is 1.62. The van der Waals surface area contributed by atoms with Crippen LogP contribution in [0.4, 0.5) is 4.39 Å². The van der Waals surface area contributed by atoms with E-state index in [0.29, 0.717) is 23.0 Å². The highest BCUT2D eigenvalue weighted by molar-refractivity contribution is 6.05. The molecule has 1 saturated carbocycles. The molecule has 1 aliphatic rings. The second-order valence-corrected chi connectivity index (χ2v) is 7.74. The molecule has 31 heavy (non-hydrogen) atoms. The first-order valence-electron chi connectivity index (χ1n) is 10.2. The largest absolute Gasteiger partial charge is 0.330 e. The van der Waals surface area contributed by atoms with Crippen LogP contribution in [0.25, 0.3) is 16.5 Å². The van der Waals surface area contributed by atoms with Crippen LogP contribution >= 0.6 is 0 Å². The summed E-state index contributed by atoms with van der Waals surface area (Å²) in [5.74, 6) is -0.539. The van der Waals surface area contributed by atoms with E-state index in [1.165, 1.54) is 16.8 Å². The minimum absolute atomic E-state index is 0.121. The first kappa shape index (κ1) is 19.2. The number of benzene rings is 3. The lowest BCUT2D eigenvalue weighted by Gasteiger charge is -2.23. The summed E-state index contributed by atoms with van der Waals surface area (Å²) in [4.78, 5) is 28.5. The van der Waals surface area contributed by atoms with E-state index in [1.54, 1.807) is 53.4 Å². The number of aromatic nitrogens is 2. The van der Waals surface area contributed by atoms with Crippen LogP contribution in [0.3, 0.4) is 0 Å². The number of carbonyl (C=O) groups excluding carboxylic acids is 1. The summed E-state index contributed by atoms with van der Waals surface area (Å²) in [6.07, 6.45) is 1.84. The van der Waals surface area contributed by atoms with Gasteiger partial charge in [0.2, 0.25) is 0 Å². The molecule has 1 fully saturated rings. The average Bonchev–Trinajstić information content (AvgIpc) is 3.65. The van der Waals surface area contributed by atoms with Crippen LogP contribution in [0, 0.1) is 5.82 Å². The van der Waals surface area contributed by atoms with Crippen molar-refractivity contribution in [2.45, 2.75) is 25.4 Å². The zero-order valence-corrected chi connectivity index (χ0v) is 16.7. The maximum atomic E-state index is 13.7. The predicted molar refractivity (Wildman–Crippen MR) is 117 cm³/mol. The van der Waals surface area contributed by atoms with Crippen LogP contribution in [0.15, 0.2) is 83.7 Å². The van der Waals surface area contributed by atoms with E-state index in [4.69, 9.17) is 0 Å². The van der Waals surface area contributed by atoms with Crippen LogP contribution in [0.1, 0.15) is 28.9 Å². The summed E-state index contributed by atoms with van der Waals surface area (Å²) >= 11 is 0. The van der Waals surface area contributed by atoms with Gasteiger partial charge in [0.25, 0.3) is 11.5 Å². The summed E-state index contributed by atoms with van der Waals surface area (Å²) in [7, 11) is 0. The molecule has 0 radical (unpaired) electrons. The molecule has 154 valence electrons. The molecule has 1 amide bonds. The first-order valence-corrected chi connectivity index (χ1v) is 10.2. The molecule has 0 bridgehead atoms. The van der Waals surface area contributed by atoms with Gasteiger partial charge < -0.3 is 4.90 Å². The normalized spacial score (nSPS) is 13.3. The third-order valence-electron chi connectivity index (χ3n) is 5.52. The zero-order chi connectivity index (χ0) is 21.4. The standard InChI is InChI=1S/C25H20FN3O2/c26-18-12-10-17(11-13-18)16-28(19-14-15-19)25(31)23-21-8-4-5-9-22(21)24(30)29(27-23)20-6-2-1-3-7-20/h1-13,19H,14-16H2. The van der Waals surface area contributed by atoms with E-state index >= 15 is 0 Å². The summed E-state index contributed by atoms with van der Waals surface area (Å²) in [6.45, 7) is 0.365. The molecular formula is C25H20FN3O2. The monoisotopic (exact) mass is 413 g/mol. The van der Waals surface area contributed by atoms with E-state index in [9.17, 15) is 14.0 Å². The van der Waals surface area contributed by atoms with E-state index in [0.717, 1.165) is 18.4 Å². The minimum Gasteiger partial charge on any atom is -0.330 e. The fourth-order valence-corrected chi connectivity index (χ4v) is 3.77. The van der Waals surface area contributed by atoms with Gasteiger partial charge in [0.1, 0.15) is 5.82 Å². The number of carbonyl (C=O) groups is 1. The number of fused-ring (bicyclic) bond motifs is 1. The Hall–Kier alpha value is -3.80. The molecule has 0 N–H and O–H groups in total. The molecule has 0 spiro atoms. The topological polar surface area (TPSA) is 55.2 Å². The van der Waals surface area contributed by atoms with Gasteiger partial charge in [-0.2, -0.15) is 9.78 Å². The van der Waals surface area contributed by atoms with Gasteiger partial charge in [-0.05, 0) is 48.7 Å². The molecule has 0 saturated heterocycles. The molecule has 5 nitrogen and oxygen atoms in total. The molecular weight excluding hydrogens is 393 g/mol. The molecule has 6 heteroatoms. The van der Waals surface area contributed by atoms with Crippen molar-refractivity contribution in [2.75, 3.05) is 0 Å². The Labute approximate surface area is 178 Å². The highest BCUT2D eigenvalue weighted by atomic mass is 19.1. The van der Waals surface area contributed by atoms with Crippen molar-refractivity contribution in [1.29, 1.82) is 0 Å². The fraction of sp³-hybridized carbons (Fsp3) is 0.160. The molecule has 1 aliphatic carbocycles. The number of hydrogen-bond acceptors (Lipinski definition) is 3. The number of rotatable bonds is 5. The van der Waals surface area contributed by atoms with Crippen molar-refractivity contribution < 1.29 is 9.18 Å². The summed E-state index contributed by atoms with van der Waals surface area (Å²) in [5.41, 5.74) is 1.43. The molecule has 1 heterocycles. The van der Waals surface area contributed by atoms with E-state index in [2.05, 4.69) is 5.10 Å². The van der Waals surface area contributed by atoms with Crippen molar-refractivity contribution in [1.82, 2.24) is 14.7 Å². The summed E-state index contributed by atoms with van der Waals surface area (Å²) < 4.78 is 14.6. The number of nitrogens with zero attached hydrogens (tertiary/aromatic N) is 3. The van der Waals surface area contributed by atoms with Crippen molar-refractivity contribution in [3.05, 3.63) is 106 Å². The lowest BCUT2D eigenvalue weighted by molar-refractivity contribution is 0.0724. The summed E-state index contributed by atoms with van der Waals surface area (Å²) in [6, 6.07) is 22.4. The van der Waals surface area contributed by atoms with Gasteiger partial charge in [0, 0.05) is 18.0 Å². The number of hydrogen-bond donors (Lipinski definition) is 0. The second-order valence-electron chi connectivity index (χ2n) is 7.74. The lowest BCUT2D eigenvalue weighted by Crippen LogP contribution is -2.35. The van der Waals surface area contributed by atoms with Crippen LogP contribution in [0.2, 0.25) is 0 Å². The Morgan fingerprint density at radius 3 is 2.26 bits per heavy atom. The Bertz CT molecular complexity index is 1310. The molecule has 0 unspecified atom stereocenters. The number of amides is 1. The molecule has 0 atom stereocenters. The van der Waals surface area contributed by atoms with Crippen LogP contribution in [-0.2, 0) is 6.54 Å². The molecule has 5 rings (SSSR count). The highest BCUT2D eigenvalue weighted by Gasteiger charge is 2.35. The molecule has 4 aromatic rings. The highest BCUT2D eigenvalue weighted by Crippen LogP contribution is 2.30. The fourth-order valence-electron chi connectivity index (χ4n) is 3.77. The SMILES string of the molecule is O=C(c1nn(-c2ccccc2)c(=O)c2ccccc12)N(Cc1ccc(F)cc1)C1CC1. The first-order chi connectivity index (χ1) is 15.1. The Morgan fingerprint density at radius 1 is 0.935 bits per heavy atom. The maximum absolute atomic E-state index is 13.7. The van der Waals surface area contributed by atoms with Crippen molar-refractivity contribution >= 4 is 16.7 Å². The second kappa shape index (κ2) is 7.80. The quantitative estimate of drug-likeness (QED) is 0.489. The van der Waals surface area contributed by atoms with Gasteiger partial charge in [-0.25, -0.2) is 4.39 Å². The number of para-hydroxylation sites is 1. The van der Waals surface area contributed by atoms with E-state index in [-0.39, 0.29) is 29.0 Å². The Morgan fingerprint density at radius 2 is 1.58 bits per heavy atom. The zero-order valence-electron chi connectivity index (χ0n) is 16.7. The van der Waals surface area contributed by atoms with Gasteiger partial charge in [-0.3, -0.25) is 9.59 Å². The van der Waals surface area contributed by atoms with Gasteiger partial charge in [0.05, 0.1) is 11.1 Å². The van der Waals surface area contributed by atoms with Crippen molar-refractivity contribution in [2.24, 2.45) is 0 Å². The predicted octanol–water partition coefficient (Wildman–Crippen LogP) is 4.33. The van der Waals surface area contributed by atoms with Crippen molar-refractivity contribution in [3.8, 4) is 5.69 Å². The molecule has 0 aliphatic heterocycles. The van der Waals surface area contributed by atoms with E-state index < -0.39 is 0 Å². The summed E-state index contributed by atoms with van der Waals surface area (Å²) in [5, 5.41) is 5.49. The van der Waals surface area contributed by atoms with Crippen LogP contribution < -0.4 is 5.56 Å². The van der Waals surface area contributed by atoms with Gasteiger partial charge in [-0.15, -0.1) is 0 Å². The van der Waals surface area contributed by atoms with Gasteiger partial charge >= 0.3 is 0 Å². The molecule has 1 aromatic heterocycles. The van der Waals surface area contributed by atoms with Crippen molar-refractivity contribution in [3.63, 3.8) is 0 Å². The minimum atomic E-state index is -0.310. The maximum Gasteiger partial charge on any atom is 0.279 e. The van der Waals surface area contributed by atoms with E-state index in [1.807, 2.05) is 18.2 Å². The number of halogens is 1. The average molecular weight is 413 g/mol. The van der Waals surface area contributed by atoms with Crippen LogP contribution in [-0.4, -0.2) is 26.6 Å². The Kier molecular flexibility index (Phi) is 4.82. The lowest BCUT2D eigenvalue weighted by atomic mass is 10.1. The smallest absolute Gasteiger partial charge is 0.279 e. The van der Waals surface area contributed by atoms with Gasteiger partial charge in [0.15, 0.2) is 5.69 Å².